The Balaban J connectivity index is 1.63. The summed E-state index contributed by atoms with van der Waals surface area (Å²) in [6.07, 6.45) is 2.39. The topological polar surface area (TPSA) is 49.0 Å². The zero-order valence-corrected chi connectivity index (χ0v) is 13.0. The van der Waals surface area contributed by atoms with Crippen LogP contribution >= 0.6 is 22.7 Å². The molecule has 4 rings (SSSR count). The van der Waals surface area contributed by atoms with Gasteiger partial charge in [0.25, 0.3) is 5.56 Å². The van der Waals surface area contributed by atoms with E-state index in [0.29, 0.717) is 12.6 Å². The van der Waals surface area contributed by atoms with E-state index in [2.05, 4.69) is 32.4 Å². The number of aromatic nitrogens is 2. The number of thiophene rings is 2. The van der Waals surface area contributed by atoms with Crippen LogP contribution in [0.5, 0.6) is 0 Å². The van der Waals surface area contributed by atoms with Crippen molar-refractivity contribution >= 4 is 32.9 Å². The molecule has 0 aliphatic carbocycles. The zero-order chi connectivity index (χ0) is 14.2. The summed E-state index contributed by atoms with van der Waals surface area (Å²) in [6, 6.07) is 6.69. The Bertz CT molecular complexity index is 806. The molecule has 4 heterocycles. The van der Waals surface area contributed by atoms with Gasteiger partial charge in [-0.05, 0) is 42.3 Å². The van der Waals surface area contributed by atoms with Crippen LogP contribution in [0.3, 0.4) is 0 Å². The van der Waals surface area contributed by atoms with Crippen LogP contribution in [0.15, 0.2) is 33.8 Å². The Kier molecular flexibility index (Phi) is 3.37. The lowest BCUT2D eigenvalue weighted by Gasteiger charge is -2.22. The molecule has 108 valence electrons. The van der Waals surface area contributed by atoms with Crippen molar-refractivity contribution in [1.82, 2.24) is 14.9 Å². The minimum absolute atomic E-state index is 0.0168. The monoisotopic (exact) mass is 317 g/mol. The molecule has 3 aromatic heterocycles. The number of rotatable bonds is 3. The highest BCUT2D eigenvalue weighted by Gasteiger charge is 2.27. The van der Waals surface area contributed by atoms with Crippen LogP contribution in [0.4, 0.5) is 0 Å². The van der Waals surface area contributed by atoms with Crippen LogP contribution in [0, 0.1) is 0 Å². The van der Waals surface area contributed by atoms with E-state index in [9.17, 15) is 4.79 Å². The molecule has 1 N–H and O–H groups in total. The number of hydrogen-bond donors (Lipinski definition) is 1. The molecule has 4 nitrogen and oxygen atoms in total. The standard InChI is InChI=1S/C15H15N3OS2/c19-15-14-10(5-8-21-14)16-13(17-15)9-18-6-1-3-11(18)12-4-2-7-20-12/h2,4-5,7-8,11H,1,3,6,9H2,(H,16,17,19)/t11-/m1/s1. The molecule has 1 aliphatic rings. The maximum absolute atomic E-state index is 12.0. The van der Waals surface area contributed by atoms with Crippen molar-refractivity contribution in [2.75, 3.05) is 6.54 Å². The Hall–Kier alpha value is -1.50. The van der Waals surface area contributed by atoms with Crippen LogP contribution in [-0.4, -0.2) is 21.4 Å². The number of nitrogens with zero attached hydrogens (tertiary/aromatic N) is 2. The molecule has 6 heteroatoms. The molecule has 1 aliphatic heterocycles. The van der Waals surface area contributed by atoms with Crippen LogP contribution in [0.25, 0.3) is 10.2 Å². The lowest BCUT2D eigenvalue weighted by molar-refractivity contribution is 0.245. The van der Waals surface area contributed by atoms with E-state index < -0.39 is 0 Å². The van der Waals surface area contributed by atoms with Gasteiger partial charge in [0.2, 0.25) is 0 Å². The van der Waals surface area contributed by atoms with Crippen molar-refractivity contribution < 1.29 is 0 Å². The minimum atomic E-state index is -0.0168. The third kappa shape index (κ3) is 2.43. The first-order chi connectivity index (χ1) is 10.3. The fraction of sp³-hybridized carbons (Fsp3) is 0.333. The number of likely N-dealkylation sites (tertiary alicyclic amines) is 1. The van der Waals surface area contributed by atoms with Gasteiger partial charge in [-0.25, -0.2) is 4.98 Å². The van der Waals surface area contributed by atoms with Crippen LogP contribution < -0.4 is 5.56 Å². The van der Waals surface area contributed by atoms with Gasteiger partial charge in [-0.1, -0.05) is 6.07 Å². The van der Waals surface area contributed by atoms with Crippen molar-refractivity contribution in [2.45, 2.75) is 25.4 Å². The average molecular weight is 317 g/mol. The van der Waals surface area contributed by atoms with Gasteiger partial charge in [0, 0.05) is 10.9 Å². The third-order valence-electron chi connectivity index (χ3n) is 3.95. The normalized spacial score (nSPS) is 19.5. The second kappa shape index (κ2) is 5.36. The number of hydrogen-bond acceptors (Lipinski definition) is 5. The largest absolute Gasteiger partial charge is 0.308 e. The lowest BCUT2D eigenvalue weighted by atomic mass is 10.2. The van der Waals surface area contributed by atoms with E-state index in [1.807, 2.05) is 22.8 Å². The maximum atomic E-state index is 12.0. The average Bonchev–Trinajstić information content (AvgIpc) is 3.19. The fourth-order valence-corrected chi connectivity index (χ4v) is 4.63. The van der Waals surface area contributed by atoms with Gasteiger partial charge in [-0.15, -0.1) is 22.7 Å². The molecule has 1 fully saturated rings. The van der Waals surface area contributed by atoms with E-state index in [1.165, 1.54) is 29.1 Å². The van der Waals surface area contributed by atoms with E-state index in [-0.39, 0.29) is 5.56 Å². The van der Waals surface area contributed by atoms with Crippen molar-refractivity contribution in [1.29, 1.82) is 0 Å². The van der Waals surface area contributed by atoms with Crippen LogP contribution in [0.2, 0.25) is 0 Å². The van der Waals surface area contributed by atoms with Crippen molar-refractivity contribution in [3.8, 4) is 0 Å². The van der Waals surface area contributed by atoms with Crippen LogP contribution in [0.1, 0.15) is 29.6 Å². The highest BCUT2D eigenvalue weighted by molar-refractivity contribution is 7.17. The first-order valence-electron chi connectivity index (χ1n) is 7.05. The molecule has 0 bridgehead atoms. The Morgan fingerprint density at radius 2 is 2.29 bits per heavy atom. The summed E-state index contributed by atoms with van der Waals surface area (Å²) in [7, 11) is 0. The second-order valence-corrected chi connectivity index (χ2v) is 7.19. The molecule has 0 radical (unpaired) electrons. The number of aromatic amines is 1. The Labute approximate surface area is 130 Å². The van der Waals surface area contributed by atoms with Gasteiger partial charge in [0.1, 0.15) is 10.5 Å². The molecule has 1 saturated heterocycles. The number of fused-ring (bicyclic) bond motifs is 1. The van der Waals surface area contributed by atoms with E-state index >= 15 is 0 Å². The first-order valence-corrected chi connectivity index (χ1v) is 8.81. The Morgan fingerprint density at radius 3 is 3.14 bits per heavy atom. The highest BCUT2D eigenvalue weighted by Crippen LogP contribution is 2.35. The van der Waals surface area contributed by atoms with Crippen molar-refractivity contribution in [3.05, 3.63) is 50.0 Å². The summed E-state index contributed by atoms with van der Waals surface area (Å²) in [5.41, 5.74) is 0.794. The molecule has 1 atom stereocenters. The predicted molar refractivity (Wildman–Crippen MR) is 86.9 cm³/mol. The van der Waals surface area contributed by atoms with E-state index in [1.54, 1.807) is 0 Å². The van der Waals surface area contributed by atoms with Gasteiger partial charge >= 0.3 is 0 Å². The molecular weight excluding hydrogens is 302 g/mol. The van der Waals surface area contributed by atoms with Crippen molar-refractivity contribution in [2.24, 2.45) is 0 Å². The van der Waals surface area contributed by atoms with Crippen molar-refractivity contribution in [3.63, 3.8) is 0 Å². The lowest BCUT2D eigenvalue weighted by Crippen LogP contribution is -2.25. The van der Waals surface area contributed by atoms with Gasteiger partial charge in [-0.2, -0.15) is 0 Å². The third-order valence-corrected chi connectivity index (χ3v) is 5.83. The smallest absolute Gasteiger partial charge is 0.268 e. The minimum Gasteiger partial charge on any atom is -0.308 e. The van der Waals surface area contributed by atoms with Crippen LogP contribution in [-0.2, 0) is 6.54 Å². The van der Waals surface area contributed by atoms with Gasteiger partial charge < -0.3 is 4.98 Å². The van der Waals surface area contributed by atoms with E-state index in [0.717, 1.165) is 22.6 Å². The summed E-state index contributed by atoms with van der Waals surface area (Å²) >= 11 is 3.26. The summed E-state index contributed by atoms with van der Waals surface area (Å²) in [5, 5.41) is 4.05. The first kappa shape index (κ1) is 13.2. The summed E-state index contributed by atoms with van der Waals surface area (Å²) in [6.45, 7) is 1.78. The van der Waals surface area contributed by atoms with Gasteiger partial charge in [0.15, 0.2) is 0 Å². The number of nitrogens with one attached hydrogen (secondary N) is 1. The summed E-state index contributed by atoms with van der Waals surface area (Å²) in [4.78, 5) is 23.4. The fourth-order valence-electron chi connectivity index (χ4n) is 3.01. The molecule has 0 unspecified atom stereocenters. The molecule has 0 spiro atoms. The number of H-pyrrole nitrogens is 1. The van der Waals surface area contributed by atoms with Gasteiger partial charge in [-0.3, -0.25) is 9.69 Å². The quantitative estimate of drug-likeness (QED) is 0.805. The molecule has 0 aromatic carbocycles. The molecular formula is C15H15N3OS2. The Morgan fingerprint density at radius 1 is 1.33 bits per heavy atom. The summed E-state index contributed by atoms with van der Waals surface area (Å²) < 4.78 is 0.718. The highest BCUT2D eigenvalue weighted by atomic mass is 32.1. The summed E-state index contributed by atoms with van der Waals surface area (Å²) in [5.74, 6) is 0.773. The molecule has 0 saturated carbocycles. The maximum Gasteiger partial charge on any atom is 0.268 e. The zero-order valence-electron chi connectivity index (χ0n) is 11.4. The predicted octanol–water partition coefficient (Wildman–Crippen LogP) is 3.38. The molecule has 3 aromatic rings. The molecule has 21 heavy (non-hydrogen) atoms. The molecule has 0 amide bonds. The van der Waals surface area contributed by atoms with E-state index in [4.69, 9.17) is 0 Å². The van der Waals surface area contributed by atoms with Gasteiger partial charge in [0.05, 0.1) is 12.1 Å². The SMILES string of the molecule is O=c1[nH]c(CN2CCC[C@@H]2c2cccs2)nc2ccsc12. The second-order valence-electron chi connectivity index (χ2n) is 5.29.